The first-order valence-electron chi connectivity index (χ1n) is 5.23. The third-order valence-electron chi connectivity index (χ3n) is 2.44. The van der Waals surface area contributed by atoms with Crippen molar-refractivity contribution in [3.8, 4) is 0 Å². The van der Waals surface area contributed by atoms with Crippen LogP contribution in [0.25, 0.3) is 0 Å². The van der Waals surface area contributed by atoms with Crippen molar-refractivity contribution < 1.29 is 0 Å². The first-order chi connectivity index (χ1) is 6.57. The van der Waals surface area contributed by atoms with Crippen LogP contribution in [0, 0.1) is 0 Å². The van der Waals surface area contributed by atoms with Crippen LogP contribution in [-0.4, -0.2) is 19.1 Å². The van der Waals surface area contributed by atoms with E-state index in [1.807, 2.05) is 6.20 Å². The highest BCUT2D eigenvalue weighted by Gasteiger charge is 2.12. The van der Waals surface area contributed by atoms with E-state index in [1.165, 1.54) is 16.9 Å². The van der Waals surface area contributed by atoms with E-state index in [4.69, 9.17) is 0 Å². The van der Waals surface area contributed by atoms with Gasteiger partial charge in [0, 0.05) is 31.7 Å². The molecule has 14 heavy (non-hydrogen) atoms. The molecule has 1 aromatic heterocycles. The smallest absolute Gasteiger partial charge is 0.0456 e. The fraction of sp³-hybridized carbons (Fsp3) is 0.583. The molecule has 1 heterocycles. The SMILES string of the molecule is CCc1nccc(N(C)C)c1C(C)C. The molecule has 78 valence electrons. The molecule has 0 aliphatic rings. The summed E-state index contributed by atoms with van der Waals surface area (Å²) in [6.07, 6.45) is 2.91. The molecule has 0 saturated heterocycles. The van der Waals surface area contributed by atoms with Crippen molar-refractivity contribution in [1.29, 1.82) is 0 Å². The number of pyridine rings is 1. The van der Waals surface area contributed by atoms with Crippen LogP contribution in [0.15, 0.2) is 12.3 Å². The molecule has 0 fully saturated rings. The average Bonchev–Trinajstić information content (AvgIpc) is 2.16. The van der Waals surface area contributed by atoms with Crippen LogP contribution < -0.4 is 4.90 Å². The van der Waals surface area contributed by atoms with Gasteiger partial charge in [-0.1, -0.05) is 20.8 Å². The number of anilines is 1. The molecule has 0 unspecified atom stereocenters. The van der Waals surface area contributed by atoms with Crippen LogP contribution in [0.4, 0.5) is 5.69 Å². The van der Waals surface area contributed by atoms with E-state index in [-0.39, 0.29) is 0 Å². The summed E-state index contributed by atoms with van der Waals surface area (Å²) in [5, 5.41) is 0. The largest absolute Gasteiger partial charge is 0.377 e. The zero-order valence-corrected chi connectivity index (χ0v) is 9.83. The first kappa shape index (κ1) is 11.0. The molecule has 0 amide bonds. The minimum atomic E-state index is 0.538. The van der Waals surface area contributed by atoms with Gasteiger partial charge in [0.1, 0.15) is 0 Å². The number of aryl methyl sites for hydroxylation is 1. The van der Waals surface area contributed by atoms with Crippen molar-refractivity contribution in [2.24, 2.45) is 0 Å². The quantitative estimate of drug-likeness (QED) is 0.732. The number of hydrogen-bond acceptors (Lipinski definition) is 2. The van der Waals surface area contributed by atoms with E-state index >= 15 is 0 Å². The molecule has 0 aliphatic heterocycles. The van der Waals surface area contributed by atoms with Crippen LogP contribution in [0.3, 0.4) is 0 Å². The highest BCUT2D eigenvalue weighted by molar-refractivity contribution is 5.55. The van der Waals surface area contributed by atoms with Gasteiger partial charge in [-0.15, -0.1) is 0 Å². The standard InChI is InChI=1S/C12H20N2/c1-6-10-12(9(2)3)11(14(4)5)7-8-13-10/h7-9H,6H2,1-5H3. The van der Waals surface area contributed by atoms with Crippen LogP contribution >= 0.6 is 0 Å². The van der Waals surface area contributed by atoms with Crippen LogP contribution in [0.5, 0.6) is 0 Å². The molecule has 0 aliphatic carbocycles. The lowest BCUT2D eigenvalue weighted by Gasteiger charge is -2.21. The Hall–Kier alpha value is -1.05. The summed E-state index contributed by atoms with van der Waals surface area (Å²) in [7, 11) is 4.17. The van der Waals surface area contributed by atoms with Crippen molar-refractivity contribution in [3.05, 3.63) is 23.5 Å². The van der Waals surface area contributed by atoms with Crippen molar-refractivity contribution in [2.75, 3.05) is 19.0 Å². The molecular weight excluding hydrogens is 172 g/mol. The van der Waals surface area contributed by atoms with Gasteiger partial charge >= 0.3 is 0 Å². The van der Waals surface area contributed by atoms with E-state index in [2.05, 4.69) is 50.8 Å². The second-order valence-corrected chi connectivity index (χ2v) is 4.09. The van der Waals surface area contributed by atoms with Crippen molar-refractivity contribution in [2.45, 2.75) is 33.1 Å². The Morgan fingerprint density at radius 2 is 2.00 bits per heavy atom. The monoisotopic (exact) mass is 192 g/mol. The zero-order valence-electron chi connectivity index (χ0n) is 9.83. The highest BCUT2D eigenvalue weighted by Crippen LogP contribution is 2.28. The summed E-state index contributed by atoms with van der Waals surface area (Å²) in [5.74, 6) is 0.538. The van der Waals surface area contributed by atoms with E-state index in [0.29, 0.717) is 5.92 Å². The molecule has 0 saturated carbocycles. The number of rotatable bonds is 3. The maximum atomic E-state index is 4.43. The molecule has 0 radical (unpaired) electrons. The van der Waals surface area contributed by atoms with Crippen LogP contribution in [0.1, 0.15) is 37.9 Å². The van der Waals surface area contributed by atoms with Crippen molar-refractivity contribution in [3.63, 3.8) is 0 Å². The summed E-state index contributed by atoms with van der Waals surface area (Å²) in [5.41, 5.74) is 3.91. The summed E-state index contributed by atoms with van der Waals surface area (Å²) < 4.78 is 0. The van der Waals surface area contributed by atoms with E-state index in [1.54, 1.807) is 0 Å². The molecule has 0 spiro atoms. The fourth-order valence-corrected chi connectivity index (χ4v) is 1.81. The second kappa shape index (κ2) is 4.45. The van der Waals surface area contributed by atoms with Gasteiger partial charge in [-0.05, 0) is 24.0 Å². The van der Waals surface area contributed by atoms with E-state index in [9.17, 15) is 0 Å². The van der Waals surface area contributed by atoms with Crippen molar-refractivity contribution >= 4 is 5.69 Å². The molecular formula is C12H20N2. The Balaban J connectivity index is 3.28. The minimum Gasteiger partial charge on any atom is -0.377 e. The maximum absolute atomic E-state index is 4.43. The number of nitrogens with zero attached hydrogens (tertiary/aromatic N) is 2. The number of hydrogen-bond donors (Lipinski definition) is 0. The Labute approximate surface area is 87.0 Å². The van der Waals surface area contributed by atoms with Crippen LogP contribution in [0.2, 0.25) is 0 Å². The molecule has 0 N–H and O–H groups in total. The van der Waals surface area contributed by atoms with Gasteiger partial charge in [0.05, 0.1) is 0 Å². The fourth-order valence-electron chi connectivity index (χ4n) is 1.81. The minimum absolute atomic E-state index is 0.538. The summed E-state index contributed by atoms with van der Waals surface area (Å²) >= 11 is 0. The van der Waals surface area contributed by atoms with Gasteiger partial charge in [0.15, 0.2) is 0 Å². The molecule has 2 heteroatoms. The molecule has 1 aromatic rings. The van der Waals surface area contributed by atoms with Gasteiger partial charge in [0.2, 0.25) is 0 Å². The zero-order chi connectivity index (χ0) is 10.7. The highest BCUT2D eigenvalue weighted by atomic mass is 15.1. The van der Waals surface area contributed by atoms with E-state index in [0.717, 1.165) is 6.42 Å². The lowest BCUT2D eigenvalue weighted by molar-refractivity contribution is 0.817. The van der Waals surface area contributed by atoms with Gasteiger partial charge in [0.25, 0.3) is 0 Å². The molecule has 0 bridgehead atoms. The third-order valence-corrected chi connectivity index (χ3v) is 2.44. The predicted molar refractivity (Wildman–Crippen MR) is 62.0 cm³/mol. The van der Waals surface area contributed by atoms with Crippen molar-refractivity contribution in [1.82, 2.24) is 4.98 Å². The van der Waals surface area contributed by atoms with E-state index < -0.39 is 0 Å². The van der Waals surface area contributed by atoms with Gasteiger partial charge in [-0.3, -0.25) is 4.98 Å². The first-order valence-corrected chi connectivity index (χ1v) is 5.23. The summed E-state index contributed by atoms with van der Waals surface area (Å²) in [6, 6.07) is 2.09. The molecule has 1 rings (SSSR count). The Bertz CT molecular complexity index is 303. The molecule has 0 aromatic carbocycles. The van der Waals surface area contributed by atoms with Crippen LogP contribution in [-0.2, 0) is 6.42 Å². The Morgan fingerprint density at radius 1 is 1.36 bits per heavy atom. The second-order valence-electron chi connectivity index (χ2n) is 4.09. The average molecular weight is 192 g/mol. The predicted octanol–water partition coefficient (Wildman–Crippen LogP) is 2.83. The molecule has 0 atom stereocenters. The van der Waals surface area contributed by atoms with Gasteiger partial charge < -0.3 is 4.90 Å². The maximum Gasteiger partial charge on any atom is 0.0456 e. The summed E-state index contributed by atoms with van der Waals surface area (Å²) in [6.45, 7) is 6.61. The third kappa shape index (κ3) is 2.06. The number of aromatic nitrogens is 1. The molecule has 2 nitrogen and oxygen atoms in total. The topological polar surface area (TPSA) is 16.1 Å². The normalized spacial score (nSPS) is 10.7. The Morgan fingerprint density at radius 3 is 2.43 bits per heavy atom. The Kier molecular flexibility index (Phi) is 3.50. The lowest BCUT2D eigenvalue weighted by Crippen LogP contribution is -2.14. The van der Waals surface area contributed by atoms with Gasteiger partial charge in [-0.25, -0.2) is 0 Å². The summed E-state index contributed by atoms with van der Waals surface area (Å²) in [4.78, 5) is 6.60. The van der Waals surface area contributed by atoms with Gasteiger partial charge in [-0.2, -0.15) is 0 Å². The lowest BCUT2D eigenvalue weighted by atomic mass is 9.97.